The number of thiophene rings is 1. The van der Waals surface area contributed by atoms with Gasteiger partial charge in [0.1, 0.15) is 15.8 Å². The van der Waals surface area contributed by atoms with Gasteiger partial charge in [-0.25, -0.2) is 9.97 Å². The first-order valence-corrected chi connectivity index (χ1v) is 7.45. The van der Waals surface area contributed by atoms with Gasteiger partial charge in [-0.15, -0.1) is 11.3 Å². The van der Waals surface area contributed by atoms with Gasteiger partial charge in [0, 0.05) is 10.9 Å². The predicted octanol–water partition coefficient (Wildman–Crippen LogP) is 4.88. The molecule has 2 aromatic heterocycles. The summed E-state index contributed by atoms with van der Waals surface area (Å²) in [6.07, 6.45) is 1.05. The molecule has 3 aromatic rings. The minimum atomic E-state index is 0.540. The molecule has 0 spiro atoms. The van der Waals surface area contributed by atoms with E-state index in [9.17, 15) is 0 Å². The van der Waals surface area contributed by atoms with Crippen LogP contribution in [0.5, 0.6) is 0 Å². The minimum absolute atomic E-state index is 0.540. The quantitative estimate of drug-likeness (QED) is 0.628. The molecule has 0 saturated heterocycles. The highest BCUT2D eigenvalue weighted by Gasteiger charge is 2.12. The van der Waals surface area contributed by atoms with Gasteiger partial charge in [0.25, 0.3) is 0 Å². The Kier molecular flexibility index (Phi) is 3.25. The number of hydrogen-bond donors (Lipinski definition) is 0. The molecule has 0 bridgehead atoms. The lowest BCUT2D eigenvalue weighted by molar-refractivity contribution is 1.10. The predicted molar refractivity (Wildman–Crippen MR) is 82.0 cm³/mol. The van der Waals surface area contributed by atoms with Crippen LogP contribution in [0.1, 0.15) is 18.3 Å². The molecule has 0 saturated carbocycles. The van der Waals surface area contributed by atoms with Gasteiger partial charge in [0.2, 0.25) is 0 Å². The number of halogens is 1. The Hall–Kier alpha value is -1.45. The Morgan fingerprint density at radius 3 is 2.58 bits per heavy atom. The molecule has 0 N–H and O–H groups in total. The first kappa shape index (κ1) is 12.6. The van der Waals surface area contributed by atoms with Gasteiger partial charge in [-0.1, -0.05) is 42.8 Å². The van der Waals surface area contributed by atoms with E-state index in [1.165, 1.54) is 5.56 Å². The van der Waals surface area contributed by atoms with E-state index >= 15 is 0 Å². The van der Waals surface area contributed by atoms with Crippen LogP contribution in [0.15, 0.2) is 29.6 Å². The standard InChI is InChI=1S/C15H13ClN2S/c1-3-10-4-6-11(7-5-10)12-8-19-15-13(12)14(16)17-9(2)18-15/h4-8H,3H2,1-2H3. The second kappa shape index (κ2) is 4.91. The van der Waals surface area contributed by atoms with Crippen molar-refractivity contribution in [2.75, 3.05) is 0 Å². The number of nitrogens with zero attached hydrogens (tertiary/aromatic N) is 2. The second-order valence-corrected chi connectivity index (χ2v) is 5.66. The summed E-state index contributed by atoms with van der Waals surface area (Å²) in [6.45, 7) is 4.02. The summed E-state index contributed by atoms with van der Waals surface area (Å²) < 4.78 is 0. The Morgan fingerprint density at radius 1 is 1.16 bits per heavy atom. The van der Waals surface area contributed by atoms with Crippen LogP contribution >= 0.6 is 22.9 Å². The van der Waals surface area contributed by atoms with Crippen LogP contribution in [0.25, 0.3) is 21.3 Å². The van der Waals surface area contributed by atoms with E-state index in [0.29, 0.717) is 11.0 Å². The maximum Gasteiger partial charge on any atom is 0.142 e. The monoisotopic (exact) mass is 288 g/mol. The van der Waals surface area contributed by atoms with Gasteiger partial charge >= 0.3 is 0 Å². The fourth-order valence-electron chi connectivity index (χ4n) is 2.13. The maximum atomic E-state index is 6.27. The largest absolute Gasteiger partial charge is 0.222 e. The molecule has 96 valence electrons. The summed E-state index contributed by atoms with van der Waals surface area (Å²) in [4.78, 5) is 9.65. The fraction of sp³-hybridized carbons (Fsp3) is 0.200. The lowest BCUT2D eigenvalue weighted by Gasteiger charge is -2.03. The van der Waals surface area contributed by atoms with Crippen LogP contribution in [0.4, 0.5) is 0 Å². The van der Waals surface area contributed by atoms with Crippen molar-refractivity contribution in [2.45, 2.75) is 20.3 Å². The van der Waals surface area contributed by atoms with E-state index in [0.717, 1.165) is 27.8 Å². The van der Waals surface area contributed by atoms with E-state index in [1.54, 1.807) is 11.3 Å². The molecule has 0 atom stereocenters. The highest BCUT2D eigenvalue weighted by Crippen LogP contribution is 2.36. The Morgan fingerprint density at radius 2 is 1.89 bits per heavy atom. The average Bonchev–Trinajstić information content (AvgIpc) is 2.83. The van der Waals surface area contributed by atoms with Crippen LogP contribution < -0.4 is 0 Å². The number of aromatic nitrogens is 2. The first-order valence-electron chi connectivity index (χ1n) is 6.19. The lowest BCUT2D eigenvalue weighted by Crippen LogP contribution is -1.88. The summed E-state index contributed by atoms with van der Waals surface area (Å²) in [5, 5.41) is 3.60. The summed E-state index contributed by atoms with van der Waals surface area (Å²) in [6, 6.07) is 8.58. The van der Waals surface area contributed by atoms with Crippen LogP contribution in [0.3, 0.4) is 0 Å². The summed E-state index contributed by atoms with van der Waals surface area (Å²) in [5.41, 5.74) is 3.62. The zero-order valence-electron chi connectivity index (χ0n) is 10.8. The van der Waals surface area contributed by atoms with Gasteiger partial charge in [-0.05, 0) is 24.5 Å². The SMILES string of the molecule is CCc1ccc(-c2csc3nc(C)nc(Cl)c23)cc1. The van der Waals surface area contributed by atoms with Crippen molar-refractivity contribution < 1.29 is 0 Å². The number of hydrogen-bond acceptors (Lipinski definition) is 3. The van der Waals surface area contributed by atoms with E-state index in [-0.39, 0.29) is 0 Å². The summed E-state index contributed by atoms with van der Waals surface area (Å²) in [7, 11) is 0. The number of rotatable bonds is 2. The average molecular weight is 289 g/mol. The van der Waals surface area contributed by atoms with Gasteiger partial charge in [0.05, 0.1) is 5.39 Å². The van der Waals surface area contributed by atoms with Gasteiger partial charge in [-0.3, -0.25) is 0 Å². The zero-order chi connectivity index (χ0) is 13.4. The normalized spacial score (nSPS) is 11.1. The molecule has 3 rings (SSSR count). The molecule has 0 fully saturated rings. The van der Waals surface area contributed by atoms with Crippen molar-refractivity contribution in [3.63, 3.8) is 0 Å². The molecular formula is C15H13ClN2S. The van der Waals surface area contributed by atoms with Gasteiger partial charge in [-0.2, -0.15) is 0 Å². The minimum Gasteiger partial charge on any atom is -0.222 e. The molecule has 0 amide bonds. The van der Waals surface area contributed by atoms with Crippen molar-refractivity contribution in [1.29, 1.82) is 0 Å². The number of benzene rings is 1. The summed E-state index contributed by atoms with van der Waals surface area (Å²) in [5.74, 6) is 0.715. The molecule has 0 aliphatic heterocycles. The van der Waals surface area contributed by atoms with Crippen molar-refractivity contribution >= 4 is 33.2 Å². The Bertz CT molecular complexity index is 732. The van der Waals surface area contributed by atoms with E-state index in [2.05, 4.69) is 46.5 Å². The van der Waals surface area contributed by atoms with Crippen molar-refractivity contribution in [3.05, 3.63) is 46.2 Å². The molecular weight excluding hydrogens is 276 g/mol. The highest BCUT2D eigenvalue weighted by atomic mass is 35.5. The van der Waals surface area contributed by atoms with Gasteiger partial charge in [0.15, 0.2) is 0 Å². The summed E-state index contributed by atoms with van der Waals surface area (Å²) >= 11 is 7.88. The molecule has 1 aromatic carbocycles. The number of fused-ring (bicyclic) bond motifs is 1. The van der Waals surface area contributed by atoms with Crippen LogP contribution in [-0.4, -0.2) is 9.97 Å². The Labute approximate surface area is 121 Å². The van der Waals surface area contributed by atoms with E-state index in [1.807, 2.05) is 6.92 Å². The molecule has 0 radical (unpaired) electrons. The van der Waals surface area contributed by atoms with Crippen molar-refractivity contribution in [1.82, 2.24) is 9.97 Å². The third-order valence-corrected chi connectivity index (χ3v) is 4.32. The Balaban J connectivity index is 2.19. The maximum absolute atomic E-state index is 6.27. The number of aryl methyl sites for hydroxylation is 2. The molecule has 0 unspecified atom stereocenters. The third kappa shape index (κ3) is 2.24. The van der Waals surface area contributed by atoms with Crippen molar-refractivity contribution in [2.24, 2.45) is 0 Å². The molecule has 2 nitrogen and oxygen atoms in total. The molecule has 4 heteroatoms. The van der Waals surface area contributed by atoms with Crippen LogP contribution in [0.2, 0.25) is 5.15 Å². The first-order chi connectivity index (χ1) is 9.19. The molecule has 19 heavy (non-hydrogen) atoms. The smallest absolute Gasteiger partial charge is 0.142 e. The second-order valence-electron chi connectivity index (χ2n) is 4.44. The van der Waals surface area contributed by atoms with Crippen molar-refractivity contribution in [3.8, 4) is 11.1 Å². The van der Waals surface area contributed by atoms with E-state index in [4.69, 9.17) is 11.6 Å². The molecule has 0 aliphatic carbocycles. The lowest BCUT2D eigenvalue weighted by atomic mass is 10.0. The van der Waals surface area contributed by atoms with Crippen LogP contribution in [0, 0.1) is 6.92 Å². The van der Waals surface area contributed by atoms with E-state index < -0.39 is 0 Å². The third-order valence-electron chi connectivity index (χ3n) is 3.17. The molecule has 2 heterocycles. The van der Waals surface area contributed by atoms with Gasteiger partial charge < -0.3 is 0 Å². The van der Waals surface area contributed by atoms with Crippen LogP contribution in [-0.2, 0) is 6.42 Å². The molecule has 0 aliphatic rings. The fourth-order valence-corrected chi connectivity index (χ4v) is 3.49. The topological polar surface area (TPSA) is 25.8 Å². The highest BCUT2D eigenvalue weighted by molar-refractivity contribution is 7.17. The zero-order valence-corrected chi connectivity index (χ0v) is 12.3.